The normalized spacial score (nSPS) is 14.0. The minimum atomic E-state index is -0.810. The molecule has 0 radical (unpaired) electrons. The Kier molecular flexibility index (Phi) is 47.2. The number of rotatable bonds is 45. The van der Waals surface area contributed by atoms with Crippen LogP contribution >= 0.6 is 0 Å². The summed E-state index contributed by atoms with van der Waals surface area (Å²) in [6.07, 6.45) is 66.1. The highest BCUT2D eigenvalue weighted by atomic mass is 16.5. The fourth-order valence-corrected chi connectivity index (χ4v) is 7.34. The van der Waals surface area contributed by atoms with Gasteiger partial charge in [-0.25, -0.2) is 0 Å². The Morgan fingerprint density at radius 3 is 1.49 bits per heavy atom. The second kappa shape index (κ2) is 49.8. The Labute approximate surface area is 388 Å². The summed E-state index contributed by atoms with van der Waals surface area (Å²) in [5, 5.41) is 23.7. The molecule has 3 unspecified atom stereocenters. The number of aliphatic hydroxyl groups is 2. The van der Waals surface area contributed by atoms with E-state index in [2.05, 4.69) is 123 Å². The van der Waals surface area contributed by atoms with Crippen LogP contribution in [0.5, 0.6) is 0 Å². The van der Waals surface area contributed by atoms with E-state index < -0.39 is 18.2 Å². The zero-order valence-corrected chi connectivity index (χ0v) is 40.9. The first-order valence-corrected chi connectivity index (χ1v) is 26.0. The van der Waals surface area contributed by atoms with Crippen molar-refractivity contribution in [1.82, 2.24) is 5.32 Å². The number of allylic oxidation sites excluding steroid dienone is 16. The van der Waals surface area contributed by atoms with Crippen molar-refractivity contribution in [3.8, 4) is 0 Å². The lowest BCUT2D eigenvalue weighted by Gasteiger charge is -2.24. The number of nitrogens with one attached hydrogen (secondary N) is 1. The maximum Gasteiger partial charge on any atom is 0.306 e. The molecule has 0 fully saturated rings. The van der Waals surface area contributed by atoms with Gasteiger partial charge < -0.3 is 20.3 Å². The van der Waals surface area contributed by atoms with Gasteiger partial charge in [0.15, 0.2) is 0 Å². The van der Waals surface area contributed by atoms with Crippen LogP contribution in [0.1, 0.15) is 226 Å². The molecular weight excluding hydrogens is 779 g/mol. The number of esters is 1. The molecule has 0 aromatic rings. The lowest BCUT2D eigenvalue weighted by molar-refractivity contribution is -0.151. The third-order valence-electron chi connectivity index (χ3n) is 11.2. The minimum absolute atomic E-state index is 0.0284. The number of carbonyl (C=O) groups excluding carboxylic acids is 2. The van der Waals surface area contributed by atoms with Gasteiger partial charge in [0.05, 0.1) is 25.2 Å². The van der Waals surface area contributed by atoms with Gasteiger partial charge >= 0.3 is 5.97 Å². The van der Waals surface area contributed by atoms with Gasteiger partial charge in [0.25, 0.3) is 0 Å². The summed E-state index contributed by atoms with van der Waals surface area (Å²) in [7, 11) is 0. The predicted molar refractivity (Wildman–Crippen MR) is 273 cm³/mol. The van der Waals surface area contributed by atoms with Gasteiger partial charge in [0.2, 0.25) is 5.91 Å². The topological polar surface area (TPSA) is 95.9 Å². The minimum Gasteiger partial charge on any atom is -0.462 e. The highest BCUT2D eigenvalue weighted by Crippen LogP contribution is 2.17. The molecule has 0 aliphatic carbocycles. The fraction of sp³-hybridized carbons (Fsp3) is 0.684. The smallest absolute Gasteiger partial charge is 0.306 e. The van der Waals surface area contributed by atoms with Crippen LogP contribution < -0.4 is 5.32 Å². The maximum atomic E-state index is 13.2. The molecule has 0 spiro atoms. The lowest BCUT2D eigenvalue weighted by Crippen LogP contribution is -2.46. The van der Waals surface area contributed by atoms with E-state index in [-0.39, 0.29) is 24.9 Å². The standard InChI is InChI=1S/C57H97NO5/c1-4-7-10-13-16-19-22-25-27-28-30-31-33-36-39-42-45-48-53(63-57(62)50-47-44-41-38-35-32-29-26-23-20-17-14-11-8-5-2)51-56(61)58-54(52-59)55(60)49-46-43-40-37-34-24-21-18-15-12-9-6-3/h7-8,10-11,14,16-17,19-20,23,25,27,30-31,36,39,53-55,59-60H,4-6,9,12-13,15,18,21-22,24,26,28-29,32-35,37-38,40-52H2,1-3H3,(H,58,61)/b10-7-,11-8+,17-14+,19-16-,23-20+,27-25-,31-30-,39-36-. The van der Waals surface area contributed by atoms with Crippen LogP contribution in [0.2, 0.25) is 0 Å². The van der Waals surface area contributed by atoms with Gasteiger partial charge in [0.1, 0.15) is 6.10 Å². The van der Waals surface area contributed by atoms with Crippen molar-refractivity contribution < 1.29 is 24.5 Å². The van der Waals surface area contributed by atoms with Crippen molar-refractivity contribution >= 4 is 11.9 Å². The first-order valence-electron chi connectivity index (χ1n) is 26.0. The summed E-state index contributed by atoms with van der Waals surface area (Å²) in [5.41, 5.74) is 0. The van der Waals surface area contributed by atoms with E-state index in [9.17, 15) is 19.8 Å². The maximum absolute atomic E-state index is 13.2. The molecular formula is C57H97NO5. The van der Waals surface area contributed by atoms with Crippen LogP contribution in [0.25, 0.3) is 0 Å². The molecule has 0 aliphatic rings. The van der Waals surface area contributed by atoms with Gasteiger partial charge in [-0.1, -0.05) is 227 Å². The predicted octanol–water partition coefficient (Wildman–Crippen LogP) is 15.7. The molecule has 0 bridgehead atoms. The quantitative estimate of drug-likeness (QED) is 0.0245. The summed E-state index contributed by atoms with van der Waals surface area (Å²) in [6, 6.07) is -0.727. The van der Waals surface area contributed by atoms with E-state index in [1.807, 2.05) is 0 Å². The van der Waals surface area contributed by atoms with Gasteiger partial charge in [-0.05, 0) is 83.5 Å². The lowest BCUT2D eigenvalue weighted by atomic mass is 10.0. The van der Waals surface area contributed by atoms with Crippen molar-refractivity contribution in [1.29, 1.82) is 0 Å². The number of amides is 1. The third-order valence-corrected chi connectivity index (χ3v) is 11.2. The SMILES string of the molecule is CC/C=C\C/C=C\C/C=C\C/C=C\C/C=C\CCCC(CC(=O)NC(CO)C(O)CCCCCCCCCCCCCC)OC(=O)CCCCCCCCC/C=C/C=C/C=C/CC. The van der Waals surface area contributed by atoms with Crippen molar-refractivity contribution in [2.45, 2.75) is 244 Å². The van der Waals surface area contributed by atoms with Gasteiger partial charge in [-0.15, -0.1) is 0 Å². The molecule has 0 saturated carbocycles. The molecule has 0 aliphatic heterocycles. The molecule has 6 nitrogen and oxygen atoms in total. The monoisotopic (exact) mass is 876 g/mol. The summed E-state index contributed by atoms with van der Waals surface area (Å²) in [6.45, 7) is 6.21. The molecule has 0 heterocycles. The second-order valence-electron chi connectivity index (χ2n) is 17.2. The average Bonchev–Trinajstić information content (AvgIpc) is 3.28. The number of ether oxygens (including phenoxy) is 1. The summed E-state index contributed by atoms with van der Waals surface area (Å²) in [5.74, 6) is -0.550. The zero-order chi connectivity index (χ0) is 45.9. The van der Waals surface area contributed by atoms with Crippen LogP contribution in [0.4, 0.5) is 0 Å². The van der Waals surface area contributed by atoms with Crippen LogP contribution in [0.15, 0.2) is 97.2 Å². The number of aliphatic hydroxyl groups excluding tert-OH is 2. The molecule has 0 saturated heterocycles. The van der Waals surface area contributed by atoms with E-state index in [1.54, 1.807) is 0 Å². The Morgan fingerprint density at radius 2 is 0.952 bits per heavy atom. The highest BCUT2D eigenvalue weighted by molar-refractivity contribution is 5.77. The Hall–Kier alpha value is -3.22. The van der Waals surface area contributed by atoms with Gasteiger partial charge in [-0.2, -0.15) is 0 Å². The van der Waals surface area contributed by atoms with Crippen LogP contribution in [-0.4, -0.2) is 46.9 Å². The highest BCUT2D eigenvalue weighted by Gasteiger charge is 2.24. The van der Waals surface area contributed by atoms with Crippen molar-refractivity contribution in [2.75, 3.05) is 6.61 Å². The summed E-state index contributed by atoms with van der Waals surface area (Å²) in [4.78, 5) is 26.2. The van der Waals surface area contributed by atoms with Crippen molar-refractivity contribution in [2.24, 2.45) is 0 Å². The Morgan fingerprint density at radius 1 is 0.492 bits per heavy atom. The average molecular weight is 876 g/mol. The molecule has 6 heteroatoms. The van der Waals surface area contributed by atoms with E-state index in [0.717, 1.165) is 96.3 Å². The van der Waals surface area contributed by atoms with E-state index in [1.165, 1.54) is 83.5 Å². The zero-order valence-electron chi connectivity index (χ0n) is 40.9. The molecule has 3 N–H and O–H groups in total. The largest absolute Gasteiger partial charge is 0.462 e. The molecule has 0 aromatic heterocycles. The molecule has 0 aromatic carbocycles. The van der Waals surface area contributed by atoms with Gasteiger partial charge in [-0.3, -0.25) is 9.59 Å². The Balaban J connectivity index is 4.74. The van der Waals surface area contributed by atoms with E-state index in [4.69, 9.17) is 4.74 Å². The van der Waals surface area contributed by atoms with Crippen molar-refractivity contribution in [3.63, 3.8) is 0 Å². The first kappa shape index (κ1) is 59.8. The van der Waals surface area contributed by atoms with Gasteiger partial charge in [0, 0.05) is 6.42 Å². The number of hydrogen-bond donors (Lipinski definition) is 3. The molecule has 0 rings (SSSR count). The van der Waals surface area contributed by atoms with Crippen molar-refractivity contribution in [3.05, 3.63) is 97.2 Å². The number of unbranched alkanes of at least 4 members (excludes halogenated alkanes) is 19. The van der Waals surface area contributed by atoms with E-state index >= 15 is 0 Å². The van der Waals surface area contributed by atoms with Crippen LogP contribution in [0.3, 0.4) is 0 Å². The van der Waals surface area contributed by atoms with Crippen LogP contribution in [-0.2, 0) is 14.3 Å². The molecule has 1 amide bonds. The summed E-state index contributed by atoms with van der Waals surface area (Å²) < 4.78 is 5.91. The molecule has 3 atom stereocenters. The first-order chi connectivity index (χ1) is 31.0. The van der Waals surface area contributed by atoms with Crippen LogP contribution in [0, 0.1) is 0 Å². The van der Waals surface area contributed by atoms with E-state index in [0.29, 0.717) is 19.3 Å². The third kappa shape index (κ3) is 45.2. The Bertz CT molecular complexity index is 1260. The number of hydrogen-bond acceptors (Lipinski definition) is 5. The fourth-order valence-electron chi connectivity index (χ4n) is 7.34. The molecule has 360 valence electrons. The second-order valence-corrected chi connectivity index (χ2v) is 17.2. The summed E-state index contributed by atoms with van der Waals surface area (Å²) >= 11 is 0. The molecule has 63 heavy (non-hydrogen) atoms. The number of carbonyl (C=O) groups is 2.